The lowest BCUT2D eigenvalue weighted by atomic mass is 9.99. The van der Waals surface area contributed by atoms with E-state index in [1.807, 2.05) is 0 Å². The Hall–Kier alpha value is -2.17. The first kappa shape index (κ1) is 11.0. The minimum absolute atomic E-state index is 0.157. The molecule has 2 heterocycles. The summed E-state index contributed by atoms with van der Waals surface area (Å²) in [6.07, 6.45) is 2.88. The van der Waals surface area contributed by atoms with Crippen LogP contribution >= 0.6 is 0 Å². The molecule has 0 radical (unpaired) electrons. The summed E-state index contributed by atoms with van der Waals surface area (Å²) in [4.78, 5) is 23.0. The SMILES string of the molecule is O=C(O)c1cn2c3c(cc(F)cc3c1=O)CCC2. The van der Waals surface area contributed by atoms with E-state index in [2.05, 4.69) is 0 Å². The Labute approximate surface area is 101 Å². The number of aryl methyl sites for hydroxylation is 2. The van der Waals surface area contributed by atoms with Gasteiger partial charge in [0, 0.05) is 18.1 Å². The van der Waals surface area contributed by atoms with Gasteiger partial charge in [0.2, 0.25) is 5.43 Å². The number of rotatable bonds is 1. The molecule has 0 saturated heterocycles. The highest BCUT2D eigenvalue weighted by Gasteiger charge is 2.19. The first-order valence-electron chi connectivity index (χ1n) is 5.67. The van der Waals surface area contributed by atoms with E-state index in [4.69, 9.17) is 5.11 Å². The minimum Gasteiger partial charge on any atom is -0.477 e. The first-order valence-corrected chi connectivity index (χ1v) is 5.67. The average Bonchev–Trinajstić information content (AvgIpc) is 2.32. The van der Waals surface area contributed by atoms with Crippen molar-refractivity contribution in [1.29, 1.82) is 0 Å². The van der Waals surface area contributed by atoms with Crippen molar-refractivity contribution in [3.05, 3.63) is 45.5 Å². The van der Waals surface area contributed by atoms with Crippen LogP contribution in [-0.4, -0.2) is 15.6 Å². The van der Waals surface area contributed by atoms with E-state index in [9.17, 15) is 14.0 Å². The Balaban J connectivity index is 2.52. The van der Waals surface area contributed by atoms with Crippen molar-refractivity contribution in [3.63, 3.8) is 0 Å². The maximum absolute atomic E-state index is 13.5. The van der Waals surface area contributed by atoms with Gasteiger partial charge >= 0.3 is 5.97 Å². The normalized spacial score (nSPS) is 13.8. The van der Waals surface area contributed by atoms with Crippen molar-refractivity contribution in [2.45, 2.75) is 19.4 Å². The van der Waals surface area contributed by atoms with E-state index in [1.54, 1.807) is 4.57 Å². The number of aromatic nitrogens is 1. The molecular formula is C13H10FNO3. The second kappa shape index (κ2) is 3.66. The summed E-state index contributed by atoms with van der Waals surface area (Å²) >= 11 is 0. The van der Waals surface area contributed by atoms with Crippen LogP contribution in [0.2, 0.25) is 0 Å². The molecule has 18 heavy (non-hydrogen) atoms. The molecule has 2 aromatic rings. The molecule has 1 aromatic heterocycles. The van der Waals surface area contributed by atoms with Crippen LogP contribution in [0.4, 0.5) is 4.39 Å². The number of halogens is 1. The van der Waals surface area contributed by atoms with Gasteiger partial charge in [-0.2, -0.15) is 0 Å². The van der Waals surface area contributed by atoms with E-state index in [0.29, 0.717) is 18.5 Å². The summed E-state index contributed by atoms with van der Waals surface area (Å²) in [5.74, 6) is -1.77. The largest absolute Gasteiger partial charge is 0.477 e. The van der Waals surface area contributed by atoms with Crippen LogP contribution in [0.1, 0.15) is 22.3 Å². The zero-order valence-electron chi connectivity index (χ0n) is 9.44. The van der Waals surface area contributed by atoms with Crippen molar-refractivity contribution >= 4 is 16.9 Å². The fourth-order valence-corrected chi connectivity index (χ4v) is 2.55. The minimum atomic E-state index is -1.28. The van der Waals surface area contributed by atoms with Crippen LogP contribution in [-0.2, 0) is 13.0 Å². The van der Waals surface area contributed by atoms with Crippen molar-refractivity contribution in [1.82, 2.24) is 4.57 Å². The van der Waals surface area contributed by atoms with Crippen molar-refractivity contribution in [2.24, 2.45) is 0 Å². The van der Waals surface area contributed by atoms with Crippen molar-refractivity contribution in [3.8, 4) is 0 Å². The van der Waals surface area contributed by atoms with Gasteiger partial charge in [-0.3, -0.25) is 4.79 Å². The smallest absolute Gasteiger partial charge is 0.341 e. The van der Waals surface area contributed by atoms with Crippen LogP contribution in [0.15, 0.2) is 23.1 Å². The lowest BCUT2D eigenvalue weighted by molar-refractivity contribution is 0.0694. The summed E-state index contributed by atoms with van der Waals surface area (Å²) in [6.45, 7) is 0.649. The van der Waals surface area contributed by atoms with Crippen LogP contribution in [0, 0.1) is 5.82 Å². The van der Waals surface area contributed by atoms with Crippen LogP contribution in [0.5, 0.6) is 0 Å². The van der Waals surface area contributed by atoms with E-state index in [-0.39, 0.29) is 10.9 Å². The fraction of sp³-hybridized carbons (Fsp3) is 0.231. The molecule has 0 atom stereocenters. The second-order valence-electron chi connectivity index (χ2n) is 4.44. The third kappa shape index (κ3) is 1.44. The van der Waals surface area contributed by atoms with Gasteiger partial charge in [0.05, 0.1) is 5.52 Å². The van der Waals surface area contributed by atoms with Gasteiger partial charge in [-0.05, 0) is 30.5 Å². The van der Waals surface area contributed by atoms with E-state index < -0.39 is 17.2 Å². The van der Waals surface area contributed by atoms with Crippen LogP contribution in [0.3, 0.4) is 0 Å². The molecule has 0 fully saturated rings. The number of pyridine rings is 1. The molecule has 0 aliphatic carbocycles. The molecule has 1 aliphatic rings. The molecule has 3 rings (SSSR count). The van der Waals surface area contributed by atoms with Gasteiger partial charge in [-0.15, -0.1) is 0 Å². The maximum Gasteiger partial charge on any atom is 0.341 e. The highest BCUT2D eigenvalue weighted by molar-refractivity contribution is 5.93. The number of nitrogens with zero attached hydrogens (tertiary/aromatic N) is 1. The molecule has 0 unspecified atom stereocenters. The van der Waals surface area contributed by atoms with Gasteiger partial charge in [0.1, 0.15) is 11.4 Å². The van der Waals surface area contributed by atoms with E-state index in [0.717, 1.165) is 18.1 Å². The molecule has 4 nitrogen and oxygen atoms in total. The van der Waals surface area contributed by atoms with Gasteiger partial charge in [0.15, 0.2) is 0 Å². The lowest BCUT2D eigenvalue weighted by Crippen LogP contribution is -2.22. The predicted octanol–water partition coefficient (Wildman–Crippen LogP) is 1.78. The summed E-state index contributed by atoms with van der Waals surface area (Å²) < 4.78 is 15.2. The molecule has 92 valence electrons. The molecule has 1 N–H and O–H groups in total. The molecule has 0 amide bonds. The highest BCUT2D eigenvalue weighted by atomic mass is 19.1. The topological polar surface area (TPSA) is 59.3 Å². The molecule has 0 saturated carbocycles. The molecule has 1 aromatic carbocycles. The predicted molar refractivity (Wildman–Crippen MR) is 63.4 cm³/mol. The fourth-order valence-electron chi connectivity index (χ4n) is 2.55. The Morgan fingerprint density at radius 2 is 2.17 bits per heavy atom. The van der Waals surface area contributed by atoms with Crippen LogP contribution < -0.4 is 5.43 Å². The summed E-state index contributed by atoms with van der Waals surface area (Å²) in [6, 6.07) is 2.54. The summed E-state index contributed by atoms with van der Waals surface area (Å²) in [5, 5.41) is 9.15. The number of hydrogen-bond donors (Lipinski definition) is 1. The number of hydrogen-bond acceptors (Lipinski definition) is 2. The number of carbonyl (C=O) groups is 1. The summed E-state index contributed by atoms with van der Waals surface area (Å²) in [5.41, 5.74) is 0.514. The number of aromatic carboxylic acids is 1. The van der Waals surface area contributed by atoms with Gasteiger partial charge in [-0.25, -0.2) is 9.18 Å². The quantitative estimate of drug-likeness (QED) is 0.835. The molecule has 5 heteroatoms. The molecule has 1 aliphatic heterocycles. The lowest BCUT2D eigenvalue weighted by Gasteiger charge is -2.20. The molecular weight excluding hydrogens is 237 g/mol. The Kier molecular flexibility index (Phi) is 2.23. The third-order valence-corrected chi connectivity index (χ3v) is 3.29. The third-order valence-electron chi connectivity index (χ3n) is 3.29. The van der Waals surface area contributed by atoms with E-state index >= 15 is 0 Å². The monoisotopic (exact) mass is 247 g/mol. The first-order chi connectivity index (χ1) is 8.58. The van der Waals surface area contributed by atoms with Gasteiger partial charge in [0.25, 0.3) is 0 Å². The second-order valence-corrected chi connectivity index (χ2v) is 4.44. The van der Waals surface area contributed by atoms with Gasteiger partial charge in [-0.1, -0.05) is 0 Å². The number of carboxylic acid groups (broad SMARTS) is 1. The Morgan fingerprint density at radius 1 is 1.39 bits per heavy atom. The number of carboxylic acids is 1. The zero-order valence-corrected chi connectivity index (χ0v) is 9.44. The number of benzene rings is 1. The van der Waals surface area contributed by atoms with Crippen LogP contribution in [0.25, 0.3) is 10.9 Å². The highest BCUT2D eigenvalue weighted by Crippen LogP contribution is 2.24. The Morgan fingerprint density at radius 3 is 2.89 bits per heavy atom. The van der Waals surface area contributed by atoms with Crippen molar-refractivity contribution < 1.29 is 14.3 Å². The zero-order chi connectivity index (χ0) is 12.9. The molecule has 0 bridgehead atoms. The Bertz CT molecular complexity index is 733. The van der Waals surface area contributed by atoms with Gasteiger partial charge < -0.3 is 9.67 Å². The van der Waals surface area contributed by atoms with E-state index in [1.165, 1.54) is 12.3 Å². The molecule has 0 spiro atoms. The van der Waals surface area contributed by atoms with Crippen molar-refractivity contribution in [2.75, 3.05) is 0 Å². The maximum atomic E-state index is 13.5. The standard InChI is InChI=1S/C13H10FNO3/c14-8-4-7-2-1-3-15-6-10(13(17)18)12(16)9(5-8)11(7)15/h4-6H,1-3H2,(H,17,18). The average molecular weight is 247 g/mol. The summed E-state index contributed by atoms with van der Waals surface area (Å²) in [7, 11) is 0.